The van der Waals surface area contributed by atoms with Crippen LogP contribution >= 0.6 is 11.6 Å². The topological polar surface area (TPSA) is 58.6 Å². The van der Waals surface area contributed by atoms with E-state index in [0.717, 1.165) is 40.8 Å². The van der Waals surface area contributed by atoms with E-state index in [2.05, 4.69) is 46.9 Å². The maximum Gasteiger partial charge on any atom is 0.253 e. The van der Waals surface area contributed by atoms with Crippen LogP contribution < -0.4 is 0 Å². The molecule has 1 aliphatic rings. The van der Waals surface area contributed by atoms with Crippen LogP contribution in [0.25, 0.3) is 10.9 Å². The zero-order chi connectivity index (χ0) is 23.4. The monoisotopic (exact) mass is 466 g/mol. The van der Waals surface area contributed by atoms with Crippen LogP contribution in [0.2, 0.25) is 5.15 Å². The van der Waals surface area contributed by atoms with Crippen molar-refractivity contribution in [2.24, 2.45) is 5.92 Å². The number of fused-ring (bicyclic) bond motifs is 1. The highest BCUT2D eigenvalue weighted by atomic mass is 35.5. The molecule has 0 N–H and O–H groups in total. The van der Waals surface area contributed by atoms with Crippen molar-refractivity contribution < 1.29 is 9.53 Å². The molecule has 1 fully saturated rings. The predicted octanol–water partition coefficient (Wildman–Crippen LogP) is 4.48. The van der Waals surface area contributed by atoms with Gasteiger partial charge in [-0.1, -0.05) is 37.6 Å². The van der Waals surface area contributed by atoms with Crippen LogP contribution in [0.15, 0.2) is 48.7 Å². The number of aryl methyl sites for hydroxylation is 1. The van der Waals surface area contributed by atoms with Gasteiger partial charge in [0.15, 0.2) is 0 Å². The standard InChI is InChI=1S/C26H31ClN4O2/c1-18(2)14-31(16-20-6-7-23-22(12-20)5-4-8-28-23)26(32)24-17-30(9-10-33-24)15-21-11-19(3)29-25(27)13-21/h4-8,11-13,18,24H,9-10,14-17H2,1-3H3/t24-/m1/s1. The second-order valence-corrected chi connectivity index (χ2v) is 9.56. The summed E-state index contributed by atoms with van der Waals surface area (Å²) in [6.07, 6.45) is 1.32. The van der Waals surface area contributed by atoms with E-state index in [1.165, 1.54) is 0 Å². The largest absolute Gasteiger partial charge is 0.366 e. The molecule has 3 heterocycles. The first-order chi connectivity index (χ1) is 15.9. The molecule has 174 valence electrons. The second-order valence-electron chi connectivity index (χ2n) is 9.18. The number of pyridine rings is 2. The number of carbonyl (C=O) groups excluding carboxylic acids is 1. The molecule has 1 saturated heterocycles. The van der Waals surface area contributed by atoms with Crippen LogP contribution in [0.1, 0.15) is 30.7 Å². The minimum atomic E-state index is -0.474. The molecule has 0 bridgehead atoms. The average Bonchev–Trinajstić information content (AvgIpc) is 2.77. The van der Waals surface area contributed by atoms with Crippen molar-refractivity contribution in [3.05, 3.63) is 70.6 Å². The van der Waals surface area contributed by atoms with Crippen LogP contribution in [-0.4, -0.2) is 58.0 Å². The van der Waals surface area contributed by atoms with Crippen molar-refractivity contribution in [3.8, 4) is 0 Å². The Morgan fingerprint density at radius 2 is 2.09 bits per heavy atom. The van der Waals surface area contributed by atoms with Crippen molar-refractivity contribution in [3.63, 3.8) is 0 Å². The Labute approximate surface area is 200 Å². The van der Waals surface area contributed by atoms with Gasteiger partial charge in [0.05, 0.1) is 12.1 Å². The summed E-state index contributed by atoms with van der Waals surface area (Å²) in [5, 5.41) is 1.58. The van der Waals surface area contributed by atoms with Crippen LogP contribution in [0.3, 0.4) is 0 Å². The first-order valence-electron chi connectivity index (χ1n) is 11.5. The number of amides is 1. The Bertz CT molecular complexity index is 1100. The van der Waals surface area contributed by atoms with E-state index < -0.39 is 6.10 Å². The van der Waals surface area contributed by atoms with Crippen LogP contribution in [-0.2, 0) is 22.6 Å². The number of halogens is 1. The van der Waals surface area contributed by atoms with E-state index in [1.807, 2.05) is 36.1 Å². The molecule has 1 atom stereocenters. The Kier molecular flexibility index (Phi) is 7.58. The van der Waals surface area contributed by atoms with E-state index in [0.29, 0.717) is 37.3 Å². The summed E-state index contributed by atoms with van der Waals surface area (Å²) >= 11 is 6.13. The summed E-state index contributed by atoms with van der Waals surface area (Å²) in [5.74, 6) is 0.404. The number of aromatic nitrogens is 2. The van der Waals surface area contributed by atoms with E-state index in [1.54, 1.807) is 6.20 Å². The molecule has 4 rings (SSSR count). The van der Waals surface area contributed by atoms with Gasteiger partial charge in [0.1, 0.15) is 11.3 Å². The van der Waals surface area contributed by atoms with Gasteiger partial charge in [-0.05, 0) is 54.3 Å². The Hall–Kier alpha value is -2.54. The van der Waals surface area contributed by atoms with Crippen molar-refractivity contribution >= 4 is 28.4 Å². The van der Waals surface area contributed by atoms with Crippen LogP contribution in [0, 0.1) is 12.8 Å². The molecular formula is C26H31ClN4O2. The summed E-state index contributed by atoms with van der Waals surface area (Å²) in [5.41, 5.74) is 4.05. The number of rotatable bonds is 7. The van der Waals surface area contributed by atoms with Crippen molar-refractivity contribution in [2.75, 3.05) is 26.2 Å². The van der Waals surface area contributed by atoms with Crippen LogP contribution in [0.4, 0.5) is 0 Å². The third-order valence-corrected chi connectivity index (χ3v) is 5.95. The van der Waals surface area contributed by atoms with Gasteiger partial charge in [0.25, 0.3) is 5.91 Å². The summed E-state index contributed by atoms with van der Waals surface area (Å²) in [6, 6.07) is 14.1. The number of hydrogen-bond acceptors (Lipinski definition) is 5. The van der Waals surface area contributed by atoms with Gasteiger partial charge >= 0.3 is 0 Å². The molecular weight excluding hydrogens is 436 g/mol. The van der Waals surface area contributed by atoms with Gasteiger partial charge in [-0.2, -0.15) is 0 Å². The highest BCUT2D eigenvalue weighted by molar-refractivity contribution is 6.29. The highest BCUT2D eigenvalue weighted by Gasteiger charge is 2.30. The van der Waals surface area contributed by atoms with Gasteiger partial charge in [-0.15, -0.1) is 0 Å². The maximum atomic E-state index is 13.5. The Morgan fingerprint density at radius 3 is 2.88 bits per heavy atom. The molecule has 1 amide bonds. The number of carbonyl (C=O) groups is 1. The van der Waals surface area contributed by atoms with Gasteiger partial charge in [-0.25, -0.2) is 4.98 Å². The predicted molar refractivity (Wildman–Crippen MR) is 131 cm³/mol. The minimum absolute atomic E-state index is 0.0450. The SMILES string of the molecule is Cc1cc(CN2CCO[C@@H](C(=O)N(Cc3ccc4ncccc4c3)CC(C)C)C2)cc(Cl)n1. The number of hydrogen-bond donors (Lipinski definition) is 0. The van der Waals surface area contributed by atoms with Crippen LogP contribution in [0.5, 0.6) is 0 Å². The molecule has 7 heteroatoms. The molecule has 1 aromatic carbocycles. The normalized spacial score (nSPS) is 16.9. The molecule has 1 aliphatic heterocycles. The lowest BCUT2D eigenvalue weighted by molar-refractivity contribution is -0.151. The van der Waals surface area contributed by atoms with E-state index in [9.17, 15) is 4.79 Å². The second kappa shape index (κ2) is 10.6. The van der Waals surface area contributed by atoms with E-state index >= 15 is 0 Å². The molecule has 2 aromatic heterocycles. The maximum absolute atomic E-state index is 13.5. The third kappa shape index (κ3) is 6.28. The molecule has 6 nitrogen and oxygen atoms in total. The lowest BCUT2D eigenvalue weighted by Gasteiger charge is -2.35. The summed E-state index contributed by atoms with van der Waals surface area (Å²) in [7, 11) is 0. The lowest BCUT2D eigenvalue weighted by atomic mass is 10.1. The zero-order valence-corrected chi connectivity index (χ0v) is 20.3. The zero-order valence-electron chi connectivity index (χ0n) is 19.5. The lowest BCUT2D eigenvalue weighted by Crippen LogP contribution is -2.51. The van der Waals surface area contributed by atoms with Gasteiger partial charge in [-0.3, -0.25) is 14.7 Å². The van der Waals surface area contributed by atoms with Crippen molar-refractivity contribution in [1.29, 1.82) is 0 Å². The smallest absolute Gasteiger partial charge is 0.253 e. The number of ether oxygens (including phenoxy) is 1. The summed E-state index contributed by atoms with van der Waals surface area (Å²) in [6.45, 7) is 10.0. The fourth-order valence-electron chi connectivity index (χ4n) is 4.36. The summed E-state index contributed by atoms with van der Waals surface area (Å²) in [4.78, 5) is 26.4. The highest BCUT2D eigenvalue weighted by Crippen LogP contribution is 2.19. The van der Waals surface area contributed by atoms with Gasteiger partial charge in [0.2, 0.25) is 0 Å². The van der Waals surface area contributed by atoms with E-state index in [4.69, 9.17) is 16.3 Å². The number of benzene rings is 1. The number of nitrogens with zero attached hydrogens (tertiary/aromatic N) is 4. The van der Waals surface area contributed by atoms with Gasteiger partial charge < -0.3 is 9.64 Å². The summed E-state index contributed by atoms with van der Waals surface area (Å²) < 4.78 is 5.94. The minimum Gasteiger partial charge on any atom is -0.366 e. The fourth-order valence-corrected chi connectivity index (χ4v) is 4.64. The molecule has 0 saturated carbocycles. The first-order valence-corrected chi connectivity index (χ1v) is 11.8. The van der Waals surface area contributed by atoms with E-state index in [-0.39, 0.29) is 5.91 Å². The fraction of sp³-hybridized carbons (Fsp3) is 0.423. The Morgan fingerprint density at radius 1 is 1.24 bits per heavy atom. The Balaban J connectivity index is 1.46. The quantitative estimate of drug-likeness (QED) is 0.480. The van der Waals surface area contributed by atoms with Crippen molar-refractivity contribution in [2.45, 2.75) is 40.0 Å². The molecule has 0 aliphatic carbocycles. The molecule has 0 unspecified atom stereocenters. The molecule has 3 aromatic rings. The number of morpholine rings is 1. The first kappa shape index (κ1) is 23.6. The third-order valence-electron chi connectivity index (χ3n) is 5.75. The molecule has 0 radical (unpaired) electrons. The average molecular weight is 467 g/mol. The van der Waals surface area contributed by atoms with Gasteiger partial charge in [0, 0.05) is 50.0 Å². The molecule has 33 heavy (non-hydrogen) atoms. The molecule has 0 spiro atoms. The van der Waals surface area contributed by atoms with Crippen molar-refractivity contribution in [1.82, 2.24) is 19.8 Å².